The molecule has 39 heavy (non-hydrogen) atoms. The fourth-order valence-corrected chi connectivity index (χ4v) is 4.34. The molecule has 0 saturated heterocycles. The maximum absolute atomic E-state index is 12.7. The lowest BCUT2D eigenvalue weighted by atomic mass is 9.78. The molecular weight excluding hydrogens is 496 g/mol. The number of aromatic carboxylic acids is 1. The number of esters is 1. The van der Waals surface area contributed by atoms with Crippen molar-refractivity contribution in [2.75, 3.05) is 0 Å². The zero-order valence-electron chi connectivity index (χ0n) is 22.2. The standard InChI is InChI=1S/C32H30O7/c1-20-6-16-29(22(17-20)19-37-36)38-25-11-7-23(8-12-25)32(3,4)24-9-13-26(14-10-24)39-31(35)27-15-5-21(2)18-28(27)30(33)34/h5-18,36H,19H2,1-4H3,(H,33,34). The van der Waals surface area contributed by atoms with E-state index in [1.807, 2.05) is 61.5 Å². The van der Waals surface area contributed by atoms with Gasteiger partial charge in [-0.05, 0) is 73.5 Å². The molecule has 0 aliphatic rings. The molecule has 4 rings (SSSR count). The number of carbonyl (C=O) groups excluding carboxylic acids is 1. The molecule has 0 bridgehead atoms. The van der Waals surface area contributed by atoms with E-state index in [0.717, 1.165) is 27.8 Å². The average Bonchev–Trinajstić information content (AvgIpc) is 2.91. The van der Waals surface area contributed by atoms with Crippen LogP contribution in [0.2, 0.25) is 0 Å². The molecule has 2 N–H and O–H groups in total. The molecule has 0 spiro atoms. The van der Waals surface area contributed by atoms with Gasteiger partial charge in [-0.25, -0.2) is 14.5 Å². The first-order valence-corrected chi connectivity index (χ1v) is 12.4. The van der Waals surface area contributed by atoms with E-state index < -0.39 is 11.9 Å². The number of benzene rings is 4. The molecule has 0 amide bonds. The van der Waals surface area contributed by atoms with Gasteiger partial charge in [0.15, 0.2) is 0 Å². The van der Waals surface area contributed by atoms with Crippen LogP contribution in [0.1, 0.15) is 62.4 Å². The van der Waals surface area contributed by atoms with Crippen LogP contribution in [0.4, 0.5) is 0 Å². The van der Waals surface area contributed by atoms with Gasteiger partial charge in [0, 0.05) is 11.0 Å². The molecule has 4 aromatic carbocycles. The highest BCUT2D eigenvalue weighted by molar-refractivity contribution is 6.03. The summed E-state index contributed by atoms with van der Waals surface area (Å²) in [6.07, 6.45) is 0. The van der Waals surface area contributed by atoms with Crippen LogP contribution in [0.25, 0.3) is 0 Å². The number of hydrogen-bond acceptors (Lipinski definition) is 6. The summed E-state index contributed by atoms with van der Waals surface area (Å²) in [6, 6.07) is 25.2. The predicted octanol–water partition coefficient (Wildman–Crippen LogP) is 7.33. The summed E-state index contributed by atoms with van der Waals surface area (Å²) < 4.78 is 11.5. The topological polar surface area (TPSA) is 102 Å². The van der Waals surface area contributed by atoms with Crippen molar-refractivity contribution >= 4 is 11.9 Å². The van der Waals surface area contributed by atoms with E-state index >= 15 is 0 Å². The van der Waals surface area contributed by atoms with Gasteiger partial charge in [0.25, 0.3) is 0 Å². The molecule has 0 heterocycles. The first-order chi connectivity index (χ1) is 18.6. The quantitative estimate of drug-likeness (QED) is 0.102. The van der Waals surface area contributed by atoms with Crippen LogP contribution in [0.5, 0.6) is 17.2 Å². The number of carbonyl (C=O) groups is 2. The largest absolute Gasteiger partial charge is 0.478 e. The fraction of sp³-hybridized carbons (Fsp3) is 0.188. The second-order valence-corrected chi connectivity index (χ2v) is 9.90. The van der Waals surface area contributed by atoms with Crippen LogP contribution in [0.3, 0.4) is 0 Å². The third kappa shape index (κ3) is 6.34. The summed E-state index contributed by atoms with van der Waals surface area (Å²) in [7, 11) is 0. The molecule has 4 aromatic rings. The SMILES string of the molecule is Cc1ccc(Oc2ccc(C(C)(C)c3ccc(OC(=O)c4ccc(C)cc4C(=O)O)cc3)cc2)c(COO)c1. The number of carboxylic acid groups (broad SMARTS) is 1. The summed E-state index contributed by atoms with van der Waals surface area (Å²) in [5.74, 6) is -0.333. The van der Waals surface area contributed by atoms with Gasteiger partial charge in [0.1, 0.15) is 23.9 Å². The van der Waals surface area contributed by atoms with Gasteiger partial charge >= 0.3 is 11.9 Å². The van der Waals surface area contributed by atoms with Crippen LogP contribution in [0, 0.1) is 13.8 Å². The van der Waals surface area contributed by atoms with E-state index in [9.17, 15) is 14.7 Å². The predicted molar refractivity (Wildman–Crippen MR) is 147 cm³/mol. The fourth-order valence-electron chi connectivity index (χ4n) is 4.34. The summed E-state index contributed by atoms with van der Waals surface area (Å²) in [5.41, 5.74) is 4.11. The van der Waals surface area contributed by atoms with Gasteiger partial charge in [-0.2, -0.15) is 0 Å². The summed E-state index contributed by atoms with van der Waals surface area (Å²) in [5, 5.41) is 18.3. The Balaban J connectivity index is 1.48. The minimum Gasteiger partial charge on any atom is -0.478 e. The maximum atomic E-state index is 12.7. The number of rotatable bonds is 9. The normalized spacial score (nSPS) is 11.2. The van der Waals surface area contributed by atoms with E-state index in [4.69, 9.17) is 14.7 Å². The minimum atomic E-state index is -1.18. The highest BCUT2D eigenvalue weighted by Gasteiger charge is 2.24. The molecule has 0 unspecified atom stereocenters. The number of carboxylic acids is 1. The molecule has 200 valence electrons. The highest BCUT2D eigenvalue weighted by atomic mass is 17.1. The third-order valence-electron chi connectivity index (χ3n) is 6.65. The Hall–Kier alpha value is -4.46. The average molecular weight is 527 g/mol. The molecule has 0 aliphatic heterocycles. The van der Waals surface area contributed by atoms with Gasteiger partial charge in [-0.1, -0.05) is 61.4 Å². The zero-order valence-corrected chi connectivity index (χ0v) is 22.2. The van der Waals surface area contributed by atoms with Crippen LogP contribution in [-0.2, 0) is 16.9 Å². The first-order valence-electron chi connectivity index (χ1n) is 12.4. The summed E-state index contributed by atoms with van der Waals surface area (Å²) in [6.45, 7) is 7.92. The smallest absolute Gasteiger partial charge is 0.344 e. The van der Waals surface area contributed by atoms with E-state index in [0.29, 0.717) is 17.2 Å². The summed E-state index contributed by atoms with van der Waals surface area (Å²) in [4.78, 5) is 28.5. The lowest BCUT2D eigenvalue weighted by Crippen LogP contribution is -2.19. The van der Waals surface area contributed by atoms with Crippen LogP contribution in [0.15, 0.2) is 84.9 Å². The molecule has 0 aliphatic carbocycles. The Morgan fingerprint density at radius 1 is 0.744 bits per heavy atom. The Labute approximate surface area is 227 Å². The Kier molecular flexibility index (Phi) is 8.14. The third-order valence-corrected chi connectivity index (χ3v) is 6.65. The number of hydrogen-bond donors (Lipinski definition) is 2. The molecule has 0 fully saturated rings. The van der Waals surface area contributed by atoms with E-state index in [-0.39, 0.29) is 23.1 Å². The summed E-state index contributed by atoms with van der Waals surface area (Å²) >= 11 is 0. The number of aryl methyl sites for hydroxylation is 2. The minimum absolute atomic E-state index is 0.00135. The van der Waals surface area contributed by atoms with Crippen molar-refractivity contribution in [3.63, 3.8) is 0 Å². The monoisotopic (exact) mass is 526 g/mol. The van der Waals surface area contributed by atoms with Crippen molar-refractivity contribution in [1.82, 2.24) is 0 Å². The lowest BCUT2D eigenvalue weighted by Gasteiger charge is -2.26. The van der Waals surface area contributed by atoms with Gasteiger partial charge in [0.2, 0.25) is 0 Å². The Morgan fingerprint density at radius 3 is 1.90 bits per heavy atom. The van der Waals surface area contributed by atoms with Crippen molar-refractivity contribution in [2.45, 2.75) is 39.7 Å². The van der Waals surface area contributed by atoms with Gasteiger partial charge < -0.3 is 14.6 Å². The van der Waals surface area contributed by atoms with E-state index in [1.165, 1.54) is 12.1 Å². The van der Waals surface area contributed by atoms with Crippen LogP contribution >= 0.6 is 0 Å². The molecule has 0 aromatic heterocycles. The van der Waals surface area contributed by atoms with Gasteiger partial charge in [-0.15, -0.1) is 0 Å². The second kappa shape index (κ2) is 11.5. The van der Waals surface area contributed by atoms with Crippen molar-refractivity contribution in [1.29, 1.82) is 0 Å². The lowest BCUT2D eigenvalue weighted by molar-refractivity contribution is -0.253. The molecule has 7 nitrogen and oxygen atoms in total. The van der Waals surface area contributed by atoms with Gasteiger partial charge in [-0.3, -0.25) is 5.26 Å². The molecular formula is C32H30O7. The molecule has 0 saturated carbocycles. The van der Waals surface area contributed by atoms with Gasteiger partial charge in [0.05, 0.1) is 11.1 Å². The van der Waals surface area contributed by atoms with Crippen molar-refractivity contribution in [2.24, 2.45) is 0 Å². The van der Waals surface area contributed by atoms with Crippen molar-refractivity contribution in [3.05, 3.63) is 124 Å². The van der Waals surface area contributed by atoms with Crippen molar-refractivity contribution in [3.8, 4) is 17.2 Å². The molecule has 7 heteroatoms. The number of ether oxygens (including phenoxy) is 2. The van der Waals surface area contributed by atoms with E-state index in [1.54, 1.807) is 25.1 Å². The molecule has 0 radical (unpaired) electrons. The van der Waals surface area contributed by atoms with Crippen LogP contribution < -0.4 is 9.47 Å². The second-order valence-electron chi connectivity index (χ2n) is 9.90. The van der Waals surface area contributed by atoms with E-state index in [2.05, 4.69) is 18.7 Å². The van der Waals surface area contributed by atoms with Crippen LogP contribution in [-0.4, -0.2) is 22.3 Å². The highest BCUT2D eigenvalue weighted by Crippen LogP contribution is 2.35. The zero-order chi connectivity index (χ0) is 28.2. The van der Waals surface area contributed by atoms with Crippen molar-refractivity contribution < 1.29 is 34.3 Å². The molecule has 0 atom stereocenters. The Morgan fingerprint density at radius 2 is 1.31 bits per heavy atom. The first kappa shape index (κ1) is 27.6. The Bertz CT molecular complexity index is 1490. The maximum Gasteiger partial charge on any atom is 0.344 e.